The van der Waals surface area contributed by atoms with Crippen molar-refractivity contribution in [2.24, 2.45) is 0 Å². The number of nitrogens with one attached hydrogen (secondary N) is 2. The zero-order valence-electron chi connectivity index (χ0n) is 11.9. The van der Waals surface area contributed by atoms with Crippen molar-refractivity contribution < 1.29 is 9.32 Å². The van der Waals surface area contributed by atoms with Gasteiger partial charge in [0.2, 0.25) is 5.91 Å². The molecule has 1 aromatic carbocycles. The second kappa shape index (κ2) is 5.87. The van der Waals surface area contributed by atoms with Gasteiger partial charge in [0.15, 0.2) is 5.82 Å². The minimum absolute atomic E-state index is 0.0972. The average molecular weight is 286 g/mol. The predicted molar refractivity (Wildman–Crippen MR) is 81.6 cm³/mol. The molecule has 0 saturated carbocycles. The van der Waals surface area contributed by atoms with Crippen molar-refractivity contribution in [3.05, 3.63) is 36.1 Å². The van der Waals surface area contributed by atoms with Crippen LogP contribution in [-0.4, -0.2) is 30.7 Å². The lowest BCUT2D eigenvalue weighted by molar-refractivity contribution is -0.115. The van der Waals surface area contributed by atoms with Crippen LogP contribution in [-0.2, 0) is 4.79 Å². The van der Waals surface area contributed by atoms with E-state index in [1.807, 2.05) is 24.3 Å². The standard InChI is InChI=1S/C15H18N4O2/c1-11-9-14(18-21-11)17-15(20)10-19-8-4-7-16-12-5-2-3-6-13(12)19/h2-3,5-6,9,16H,4,7-8,10H2,1H3,(H,17,18,20). The van der Waals surface area contributed by atoms with E-state index in [4.69, 9.17) is 4.52 Å². The number of rotatable bonds is 3. The maximum Gasteiger partial charge on any atom is 0.245 e. The summed E-state index contributed by atoms with van der Waals surface area (Å²) in [7, 11) is 0. The minimum atomic E-state index is -0.0972. The van der Waals surface area contributed by atoms with Gasteiger partial charge in [-0.1, -0.05) is 17.3 Å². The maximum absolute atomic E-state index is 12.2. The first-order valence-corrected chi connectivity index (χ1v) is 7.03. The van der Waals surface area contributed by atoms with E-state index in [2.05, 4.69) is 20.7 Å². The van der Waals surface area contributed by atoms with Gasteiger partial charge in [0.05, 0.1) is 17.9 Å². The van der Waals surface area contributed by atoms with Gasteiger partial charge >= 0.3 is 0 Å². The molecule has 1 aliphatic rings. The SMILES string of the molecule is Cc1cc(NC(=O)CN2CCCNc3ccccc32)no1. The van der Waals surface area contributed by atoms with Gasteiger partial charge in [0.1, 0.15) is 5.76 Å². The Kier molecular flexibility index (Phi) is 3.77. The van der Waals surface area contributed by atoms with Crippen LogP contribution < -0.4 is 15.5 Å². The highest BCUT2D eigenvalue weighted by atomic mass is 16.5. The number of hydrogen-bond donors (Lipinski definition) is 2. The molecule has 0 spiro atoms. The van der Waals surface area contributed by atoms with Crippen LogP contribution in [0.3, 0.4) is 0 Å². The van der Waals surface area contributed by atoms with E-state index in [0.29, 0.717) is 18.1 Å². The molecule has 2 N–H and O–H groups in total. The Morgan fingerprint density at radius 2 is 2.33 bits per heavy atom. The molecule has 0 atom stereocenters. The third-order valence-electron chi connectivity index (χ3n) is 3.39. The Morgan fingerprint density at radius 1 is 1.48 bits per heavy atom. The first kappa shape index (κ1) is 13.5. The molecule has 0 radical (unpaired) electrons. The van der Waals surface area contributed by atoms with Gasteiger partial charge in [0.25, 0.3) is 0 Å². The van der Waals surface area contributed by atoms with Gasteiger partial charge in [-0.2, -0.15) is 0 Å². The number of para-hydroxylation sites is 2. The van der Waals surface area contributed by atoms with E-state index in [-0.39, 0.29) is 5.91 Å². The monoisotopic (exact) mass is 286 g/mol. The van der Waals surface area contributed by atoms with E-state index in [9.17, 15) is 4.79 Å². The Hall–Kier alpha value is -2.50. The number of carbonyl (C=O) groups excluding carboxylic acids is 1. The van der Waals surface area contributed by atoms with E-state index in [1.165, 1.54) is 0 Å². The van der Waals surface area contributed by atoms with Crippen LogP contribution in [0, 0.1) is 6.92 Å². The van der Waals surface area contributed by atoms with E-state index in [0.717, 1.165) is 30.9 Å². The summed E-state index contributed by atoms with van der Waals surface area (Å²) >= 11 is 0. The first-order valence-electron chi connectivity index (χ1n) is 7.03. The van der Waals surface area contributed by atoms with Crippen molar-refractivity contribution in [2.45, 2.75) is 13.3 Å². The fraction of sp³-hybridized carbons (Fsp3) is 0.333. The highest BCUT2D eigenvalue weighted by molar-refractivity contribution is 5.94. The molecule has 6 nitrogen and oxygen atoms in total. The van der Waals surface area contributed by atoms with Crippen LogP contribution >= 0.6 is 0 Å². The molecule has 0 unspecified atom stereocenters. The van der Waals surface area contributed by atoms with Crippen molar-refractivity contribution in [1.82, 2.24) is 5.16 Å². The number of amides is 1. The summed E-state index contributed by atoms with van der Waals surface area (Å²) in [5, 5.41) is 9.91. The molecule has 6 heteroatoms. The van der Waals surface area contributed by atoms with Crippen molar-refractivity contribution in [3.8, 4) is 0 Å². The summed E-state index contributed by atoms with van der Waals surface area (Å²) in [5.41, 5.74) is 2.13. The lowest BCUT2D eigenvalue weighted by Gasteiger charge is -2.23. The highest BCUT2D eigenvalue weighted by Gasteiger charge is 2.17. The highest BCUT2D eigenvalue weighted by Crippen LogP contribution is 2.27. The van der Waals surface area contributed by atoms with Gasteiger partial charge in [-0.3, -0.25) is 4.79 Å². The topological polar surface area (TPSA) is 70.4 Å². The summed E-state index contributed by atoms with van der Waals surface area (Å²) < 4.78 is 4.94. The summed E-state index contributed by atoms with van der Waals surface area (Å²) in [6, 6.07) is 9.74. The second-order valence-electron chi connectivity index (χ2n) is 5.09. The molecular weight excluding hydrogens is 268 g/mol. The van der Waals surface area contributed by atoms with Gasteiger partial charge in [0, 0.05) is 19.2 Å². The van der Waals surface area contributed by atoms with Gasteiger partial charge in [-0.05, 0) is 25.5 Å². The number of fused-ring (bicyclic) bond motifs is 1. The lowest BCUT2D eigenvalue weighted by atomic mass is 10.2. The summed E-state index contributed by atoms with van der Waals surface area (Å²) in [6.07, 6.45) is 0.991. The molecule has 0 fully saturated rings. The Bertz CT molecular complexity index is 638. The van der Waals surface area contributed by atoms with Crippen molar-refractivity contribution in [3.63, 3.8) is 0 Å². The minimum Gasteiger partial charge on any atom is -0.383 e. The molecule has 0 saturated heterocycles. The molecule has 2 aromatic rings. The molecule has 110 valence electrons. The van der Waals surface area contributed by atoms with E-state index >= 15 is 0 Å². The van der Waals surface area contributed by atoms with Crippen molar-refractivity contribution >= 4 is 23.1 Å². The second-order valence-corrected chi connectivity index (χ2v) is 5.09. The number of carbonyl (C=O) groups is 1. The lowest BCUT2D eigenvalue weighted by Crippen LogP contribution is -2.33. The van der Waals surface area contributed by atoms with Gasteiger partial charge < -0.3 is 20.1 Å². The normalized spacial score (nSPS) is 14.0. The fourth-order valence-electron chi connectivity index (χ4n) is 2.46. The van der Waals surface area contributed by atoms with Crippen LogP contribution in [0.4, 0.5) is 17.2 Å². The van der Waals surface area contributed by atoms with Crippen LogP contribution in [0.25, 0.3) is 0 Å². The molecule has 0 bridgehead atoms. The third kappa shape index (κ3) is 3.16. The summed E-state index contributed by atoms with van der Waals surface area (Å²) in [6.45, 7) is 3.84. The zero-order chi connectivity index (χ0) is 14.7. The predicted octanol–water partition coefficient (Wildman–Crippen LogP) is 2.24. The largest absolute Gasteiger partial charge is 0.383 e. The Morgan fingerprint density at radius 3 is 3.14 bits per heavy atom. The Labute approximate surface area is 123 Å². The molecule has 2 heterocycles. The number of nitrogens with zero attached hydrogens (tertiary/aromatic N) is 2. The Balaban J connectivity index is 1.70. The van der Waals surface area contributed by atoms with Crippen LogP contribution in [0.5, 0.6) is 0 Å². The molecule has 1 aromatic heterocycles. The quantitative estimate of drug-likeness (QED) is 0.905. The third-order valence-corrected chi connectivity index (χ3v) is 3.39. The van der Waals surface area contributed by atoms with Crippen LogP contribution in [0.2, 0.25) is 0 Å². The molecule has 0 aliphatic carbocycles. The smallest absolute Gasteiger partial charge is 0.245 e. The van der Waals surface area contributed by atoms with Crippen LogP contribution in [0.15, 0.2) is 34.9 Å². The van der Waals surface area contributed by atoms with Gasteiger partial charge in [-0.25, -0.2) is 0 Å². The molecule has 1 amide bonds. The summed E-state index contributed by atoms with van der Waals surface area (Å²) in [5.74, 6) is 1.04. The number of anilines is 3. The van der Waals surface area contributed by atoms with Gasteiger partial charge in [-0.15, -0.1) is 0 Å². The first-order chi connectivity index (χ1) is 10.2. The molecule has 1 aliphatic heterocycles. The molecular formula is C15H18N4O2. The molecule has 3 rings (SSSR count). The number of aromatic nitrogens is 1. The zero-order valence-corrected chi connectivity index (χ0v) is 11.9. The molecule has 21 heavy (non-hydrogen) atoms. The number of benzene rings is 1. The van der Waals surface area contributed by atoms with E-state index in [1.54, 1.807) is 13.0 Å². The average Bonchev–Trinajstić information content (AvgIpc) is 2.77. The van der Waals surface area contributed by atoms with E-state index < -0.39 is 0 Å². The summed E-state index contributed by atoms with van der Waals surface area (Å²) in [4.78, 5) is 14.2. The fourth-order valence-corrected chi connectivity index (χ4v) is 2.46. The van der Waals surface area contributed by atoms with Crippen molar-refractivity contribution in [2.75, 3.05) is 35.2 Å². The number of aryl methyl sites for hydroxylation is 1. The van der Waals surface area contributed by atoms with Crippen LogP contribution in [0.1, 0.15) is 12.2 Å². The van der Waals surface area contributed by atoms with Crippen molar-refractivity contribution in [1.29, 1.82) is 0 Å². The maximum atomic E-state index is 12.2. The number of hydrogen-bond acceptors (Lipinski definition) is 5.